The summed E-state index contributed by atoms with van der Waals surface area (Å²) in [4.78, 5) is 2.39. The normalized spacial score (nSPS) is 19.2. The van der Waals surface area contributed by atoms with Crippen LogP contribution in [0.25, 0.3) is 0 Å². The third-order valence-electron chi connectivity index (χ3n) is 4.41. The summed E-state index contributed by atoms with van der Waals surface area (Å²) in [5, 5.41) is 4.31. The fourth-order valence-corrected chi connectivity index (χ4v) is 4.75. The van der Waals surface area contributed by atoms with Crippen molar-refractivity contribution < 1.29 is 8.42 Å². The highest BCUT2D eigenvalue weighted by Crippen LogP contribution is 2.26. The lowest BCUT2D eigenvalue weighted by Gasteiger charge is -2.30. The first-order valence-electron chi connectivity index (χ1n) is 8.12. The van der Waals surface area contributed by atoms with Gasteiger partial charge in [-0.1, -0.05) is 17.7 Å². The van der Waals surface area contributed by atoms with Gasteiger partial charge in [-0.25, -0.2) is 8.42 Å². The van der Waals surface area contributed by atoms with E-state index in [1.165, 1.54) is 0 Å². The smallest absolute Gasteiger partial charge is 0.243 e. The number of hydrogen-bond donors (Lipinski definition) is 0. The maximum atomic E-state index is 13.3. The maximum absolute atomic E-state index is 13.3. The Morgan fingerprint density at radius 3 is 2.58 bits per heavy atom. The van der Waals surface area contributed by atoms with Crippen molar-refractivity contribution in [3.05, 3.63) is 47.8 Å². The zero-order valence-electron chi connectivity index (χ0n) is 14.4. The van der Waals surface area contributed by atoms with Gasteiger partial charge < -0.3 is 4.90 Å². The van der Waals surface area contributed by atoms with Gasteiger partial charge in [-0.2, -0.15) is 9.40 Å². The van der Waals surface area contributed by atoms with Crippen LogP contribution in [0.5, 0.6) is 0 Å². The van der Waals surface area contributed by atoms with Gasteiger partial charge in [0.2, 0.25) is 10.0 Å². The topological polar surface area (TPSA) is 58.4 Å². The van der Waals surface area contributed by atoms with Crippen LogP contribution in [-0.2, 0) is 23.1 Å². The lowest BCUT2D eigenvalue weighted by atomic mass is 10.2. The summed E-state index contributed by atoms with van der Waals surface area (Å²) in [6.45, 7) is 3.74. The molecule has 1 aliphatic rings. The number of aryl methyl sites for hydroxylation is 2. The summed E-state index contributed by atoms with van der Waals surface area (Å²) in [5.41, 5.74) is 1.99. The van der Waals surface area contributed by atoms with Crippen LogP contribution in [0.2, 0.25) is 0 Å². The molecule has 0 N–H and O–H groups in total. The zero-order valence-corrected chi connectivity index (χ0v) is 15.2. The summed E-state index contributed by atoms with van der Waals surface area (Å²) in [6, 6.07) is 8.90. The largest absolute Gasteiger partial charge is 0.308 e. The molecule has 2 aromatic rings. The van der Waals surface area contributed by atoms with Crippen molar-refractivity contribution in [1.82, 2.24) is 19.0 Å². The number of sulfonamides is 1. The average molecular weight is 348 g/mol. The maximum Gasteiger partial charge on any atom is 0.243 e. The summed E-state index contributed by atoms with van der Waals surface area (Å²) in [6.07, 6.45) is 2.48. The van der Waals surface area contributed by atoms with Crippen LogP contribution in [0.4, 0.5) is 0 Å². The Kier molecular flexibility index (Phi) is 4.76. The number of hydrogen-bond acceptors (Lipinski definition) is 4. The summed E-state index contributed by atoms with van der Waals surface area (Å²) in [5.74, 6) is 0. The van der Waals surface area contributed by atoms with Gasteiger partial charge in [-0.3, -0.25) is 4.68 Å². The van der Waals surface area contributed by atoms with Gasteiger partial charge in [-0.15, -0.1) is 0 Å². The fourth-order valence-electron chi connectivity index (χ4n) is 3.13. The molecule has 1 aliphatic heterocycles. The molecule has 3 rings (SSSR count). The molecule has 0 fully saturated rings. The third-order valence-corrected chi connectivity index (χ3v) is 6.32. The molecule has 1 unspecified atom stereocenters. The van der Waals surface area contributed by atoms with Crippen molar-refractivity contribution in [1.29, 1.82) is 0 Å². The summed E-state index contributed by atoms with van der Waals surface area (Å²) < 4.78 is 30.1. The lowest BCUT2D eigenvalue weighted by Crippen LogP contribution is -2.44. The average Bonchev–Trinajstić information content (AvgIpc) is 2.89. The first-order valence-corrected chi connectivity index (χ1v) is 9.56. The van der Waals surface area contributed by atoms with E-state index in [9.17, 15) is 8.42 Å². The molecule has 6 nitrogen and oxygen atoms in total. The molecule has 0 bridgehead atoms. The van der Waals surface area contributed by atoms with E-state index in [0.29, 0.717) is 18.0 Å². The summed E-state index contributed by atoms with van der Waals surface area (Å²) >= 11 is 0. The second-order valence-electron chi connectivity index (χ2n) is 6.61. The van der Waals surface area contributed by atoms with Crippen LogP contribution >= 0.6 is 0 Å². The highest BCUT2D eigenvalue weighted by Gasteiger charge is 2.34. The number of benzene rings is 1. The highest BCUT2D eigenvalue weighted by atomic mass is 32.2. The molecule has 7 heteroatoms. The molecule has 1 atom stereocenters. The SMILES string of the molecule is Cc1ccc(S(=O)(=O)N2Cc3ccnn3CCC2CN(C)C)cc1. The van der Waals surface area contributed by atoms with E-state index in [1.807, 2.05) is 48.8 Å². The predicted molar refractivity (Wildman–Crippen MR) is 93.1 cm³/mol. The quantitative estimate of drug-likeness (QED) is 0.844. The zero-order chi connectivity index (χ0) is 17.3. The minimum atomic E-state index is -3.55. The first-order chi connectivity index (χ1) is 11.4. The van der Waals surface area contributed by atoms with Crippen LogP contribution in [0.15, 0.2) is 41.4 Å². The van der Waals surface area contributed by atoms with E-state index < -0.39 is 10.0 Å². The van der Waals surface area contributed by atoms with Crippen LogP contribution in [-0.4, -0.2) is 54.1 Å². The van der Waals surface area contributed by atoms with Crippen LogP contribution in [0.1, 0.15) is 17.7 Å². The first kappa shape index (κ1) is 17.1. The van der Waals surface area contributed by atoms with Crippen molar-refractivity contribution >= 4 is 10.0 Å². The Morgan fingerprint density at radius 1 is 1.21 bits per heavy atom. The highest BCUT2D eigenvalue weighted by molar-refractivity contribution is 7.89. The number of rotatable bonds is 4. The van der Waals surface area contributed by atoms with Crippen molar-refractivity contribution in [2.24, 2.45) is 0 Å². The van der Waals surface area contributed by atoms with Gasteiger partial charge in [0.15, 0.2) is 0 Å². The number of likely N-dealkylation sites (N-methyl/N-ethyl adjacent to an activating group) is 1. The Balaban J connectivity index is 2.00. The van der Waals surface area contributed by atoms with Crippen molar-refractivity contribution in [3.63, 3.8) is 0 Å². The molecule has 2 heterocycles. The molecule has 0 radical (unpaired) electrons. The van der Waals surface area contributed by atoms with E-state index in [4.69, 9.17) is 0 Å². The molecule has 1 aromatic carbocycles. The van der Waals surface area contributed by atoms with Crippen molar-refractivity contribution in [3.8, 4) is 0 Å². The number of fused-ring (bicyclic) bond motifs is 1. The van der Waals surface area contributed by atoms with Gasteiger partial charge in [0, 0.05) is 25.3 Å². The van der Waals surface area contributed by atoms with Crippen molar-refractivity contribution in [2.45, 2.75) is 37.4 Å². The molecule has 130 valence electrons. The van der Waals surface area contributed by atoms with E-state index >= 15 is 0 Å². The van der Waals surface area contributed by atoms with E-state index in [1.54, 1.807) is 22.6 Å². The van der Waals surface area contributed by atoms with Crippen LogP contribution in [0.3, 0.4) is 0 Å². The van der Waals surface area contributed by atoms with Gasteiger partial charge >= 0.3 is 0 Å². The Labute approximate surface area is 143 Å². The van der Waals surface area contributed by atoms with Gasteiger partial charge in [0.05, 0.1) is 17.1 Å². The minimum Gasteiger partial charge on any atom is -0.308 e. The molecule has 0 saturated heterocycles. The second kappa shape index (κ2) is 6.66. The van der Waals surface area contributed by atoms with E-state index in [0.717, 1.165) is 24.2 Å². The Bertz CT molecular complexity index is 796. The van der Waals surface area contributed by atoms with E-state index in [-0.39, 0.29) is 6.04 Å². The molecule has 0 amide bonds. The van der Waals surface area contributed by atoms with Crippen LogP contribution < -0.4 is 0 Å². The molecule has 0 aliphatic carbocycles. The molecule has 0 spiro atoms. The lowest BCUT2D eigenvalue weighted by molar-refractivity contribution is 0.239. The van der Waals surface area contributed by atoms with Gasteiger partial charge in [0.25, 0.3) is 0 Å². The van der Waals surface area contributed by atoms with Crippen molar-refractivity contribution in [2.75, 3.05) is 20.6 Å². The monoisotopic (exact) mass is 348 g/mol. The minimum absolute atomic E-state index is 0.0759. The fraction of sp³-hybridized carbons (Fsp3) is 0.471. The van der Waals surface area contributed by atoms with Gasteiger partial charge in [-0.05, 0) is 45.6 Å². The predicted octanol–water partition coefficient (Wildman–Crippen LogP) is 1.72. The van der Waals surface area contributed by atoms with E-state index in [2.05, 4.69) is 5.10 Å². The third kappa shape index (κ3) is 3.38. The molecule has 24 heavy (non-hydrogen) atoms. The molecule has 0 saturated carbocycles. The van der Waals surface area contributed by atoms with Crippen LogP contribution in [0, 0.1) is 6.92 Å². The van der Waals surface area contributed by atoms with Gasteiger partial charge in [0.1, 0.15) is 0 Å². The Morgan fingerprint density at radius 2 is 1.92 bits per heavy atom. The molecular weight excluding hydrogens is 324 g/mol. The second-order valence-corrected chi connectivity index (χ2v) is 8.50. The molecule has 1 aromatic heterocycles. The summed E-state index contributed by atoms with van der Waals surface area (Å²) in [7, 11) is 0.393. The Hall–Kier alpha value is -1.70. The molecular formula is C17H24N4O2S. The standard InChI is InChI=1S/C17H24N4O2S/c1-14-4-6-17(7-5-14)24(22,23)21-13-15-8-10-18-20(15)11-9-16(21)12-19(2)3/h4-8,10,16H,9,11-13H2,1-3H3. The number of nitrogens with zero attached hydrogens (tertiary/aromatic N) is 4. The number of aromatic nitrogens is 2.